The van der Waals surface area contributed by atoms with E-state index in [1.807, 2.05) is 0 Å². The van der Waals surface area contributed by atoms with Crippen LogP contribution in [0.1, 0.15) is 93.4 Å². The zero-order chi connectivity index (χ0) is 16.5. The topological polar surface area (TPSA) is 26.3 Å². The lowest BCUT2D eigenvalue weighted by Crippen LogP contribution is -2.38. The van der Waals surface area contributed by atoms with Gasteiger partial charge >= 0.3 is 5.97 Å². The Morgan fingerprint density at radius 3 is 1.86 bits per heavy atom. The number of carbonyl (C=O) groups excluding carboxylic acids is 1. The normalized spacial score (nSPS) is 14.0. The predicted molar refractivity (Wildman–Crippen MR) is 91.4 cm³/mol. The largest absolute Gasteiger partial charge is 0.465 e. The molecule has 0 rings (SSSR count). The molecule has 0 aromatic carbocycles. The SMILES string of the molecule is CCCCOC(=O)C(CC(C)(CC)CC)C(C)(CC)CC. The molecule has 0 aliphatic carbocycles. The zero-order valence-corrected chi connectivity index (χ0v) is 15.6. The summed E-state index contributed by atoms with van der Waals surface area (Å²) >= 11 is 0. The van der Waals surface area contributed by atoms with Gasteiger partial charge in [-0.25, -0.2) is 0 Å². The van der Waals surface area contributed by atoms with E-state index < -0.39 is 0 Å². The highest BCUT2D eigenvalue weighted by Gasteiger charge is 2.41. The van der Waals surface area contributed by atoms with Crippen LogP contribution in [0.5, 0.6) is 0 Å². The molecule has 0 saturated carbocycles. The van der Waals surface area contributed by atoms with Gasteiger partial charge < -0.3 is 4.74 Å². The quantitative estimate of drug-likeness (QED) is 0.346. The van der Waals surface area contributed by atoms with Crippen LogP contribution in [0.25, 0.3) is 0 Å². The Morgan fingerprint density at radius 2 is 1.48 bits per heavy atom. The highest BCUT2D eigenvalue weighted by molar-refractivity contribution is 5.73. The molecule has 0 amide bonds. The summed E-state index contributed by atoms with van der Waals surface area (Å²) < 4.78 is 5.59. The fourth-order valence-electron chi connectivity index (χ4n) is 2.81. The van der Waals surface area contributed by atoms with E-state index in [2.05, 4.69) is 48.5 Å². The predicted octanol–water partition coefficient (Wildman–Crippen LogP) is 5.99. The summed E-state index contributed by atoms with van der Waals surface area (Å²) in [7, 11) is 0. The number of rotatable bonds is 11. The molecular weight excluding hydrogens is 260 g/mol. The molecule has 0 radical (unpaired) electrons. The van der Waals surface area contributed by atoms with Gasteiger partial charge in [0.05, 0.1) is 12.5 Å². The Labute approximate surface area is 133 Å². The molecule has 0 spiro atoms. The van der Waals surface area contributed by atoms with Crippen LogP contribution in [-0.2, 0) is 9.53 Å². The molecule has 0 bridgehead atoms. The molecule has 2 heteroatoms. The van der Waals surface area contributed by atoms with Gasteiger partial charge in [-0.1, -0.05) is 67.7 Å². The molecule has 1 atom stereocenters. The van der Waals surface area contributed by atoms with E-state index in [9.17, 15) is 4.79 Å². The fraction of sp³-hybridized carbons (Fsp3) is 0.947. The molecule has 1 unspecified atom stereocenters. The third kappa shape index (κ3) is 6.00. The maximum atomic E-state index is 12.7. The summed E-state index contributed by atoms with van der Waals surface area (Å²) in [6.45, 7) is 16.1. The minimum absolute atomic E-state index is 0.0225. The van der Waals surface area contributed by atoms with E-state index in [0.29, 0.717) is 6.61 Å². The number of esters is 1. The van der Waals surface area contributed by atoms with Crippen LogP contribution < -0.4 is 0 Å². The smallest absolute Gasteiger partial charge is 0.309 e. The summed E-state index contributed by atoms with van der Waals surface area (Å²) in [6, 6.07) is 0. The van der Waals surface area contributed by atoms with E-state index in [0.717, 1.165) is 44.9 Å². The van der Waals surface area contributed by atoms with Gasteiger partial charge in [0.15, 0.2) is 0 Å². The van der Waals surface area contributed by atoms with Gasteiger partial charge in [0.2, 0.25) is 0 Å². The van der Waals surface area contributed by atoms with Gasteiger partial charge in [0.1, 0.15) is 0 Å². The fourth-order valence-corrected chi connectivity index (χ4v) is 2.81. The lowest BCUT2D eigenvalue weighted by atomic mass is 9.65. The molecule has 0 aliphatic heterocycles. The number of carbonyl (C=O) groups is 1. The molecule has 0 aromatic heterocycles. The molecule has 2 nitrogen and oxygen atoms in total. The highest BCUT2D eigenvalue weighted by Crippen LogP contribution is 2.44. The monoisotopic (exact) mass is 298 g/mol. The van der Waals surface area contributed by atoms with Crippen LogP contribution in [-0.4, -0.2) is 12.6 Å². The van der Waals surface area contributed by atoms with Crippen molar-refractivity contribution in [1.29, 1.82) is 0 Å². The molecule has 0 saturated heterocycles. The van der Waals surface area contributed by atoms with Crippen molar-refractivity contribution in [3.05, 3.63) is 0 Å². The summed E-state index contributed by atoms with van der Waals surface area (Å²) in [6.07, 6.45) is 7.27. The Balaban J connectivity index is 5.14. The number of hydrogen-bond donors (Lipinski definition) is 0. The first-order valence-electron chi connectivity index (χ1n) is 8.99. The molecule has 21 heavy (non-hydrogen) atoms. The average Bonchev–Trinajstić information content (AvgIpc) is 2.51. The van der Waals surface area contributed by atoms with Crippen molar-refractivity contribution in [1.82, 2.24) is 0 Å². The number of ether oxygens (including phenoxy) is 1. The molecule has 0 heterocycles. The van der Waals surface area contributed by atoms with Crippen molar-refractivity contribution in [2.75, 3.05) is 6.61 Å². The van der Waals surface area contributed by atoms with Crippen LogP contribution in [0.15, 0.2) is 0 Å². The number of unbranched alkanes of at least 4 members (excludes halogenated alkanes) is 1. The van der Waals surface area contributed by atoms with Crippen molar-refractivity contribution >= 4 is 5.97 Å². The van der Waals surface area contributed by atoms with Gasteiger partial charge in [-0.2, -0.15) is 0 Å². The van der Waals surface area contributed by atoms with Crippen molar-refractivity contribution in [2.45, 2.75) is 93.4 Å². The van der Waals surface area contributed by atoms with Crippen molar-refractivity contribution in [3.63, 3.8) is 0 Å². The third-order valence-corrected chi connectivity index (χ3v) is 5.89. The number of hydrogen-bond acceptors (Lipinski definition) is 2. The standard InChI is InChI=1S/C19H38O2/c1-8-13-14-21-17(20)16(19(7,11-4)12-5)15-18(6,9-2)10-3/h16H,8-15H2,1-7H3. The van der Waals surface area contributed by atoms with Crippen LogP contribution in [0.3, 0.4) is 0 Å². The van der Waals surface area contributed by atoms with Gasteiger partial charge in [-0.15, -0.1) is 0 Å². The van der Waals surface area contributed by atoms with Crippen LogP contribution in [0.2, 0.25) is 0 Å². The Bertz CT molecular complexity index is 288. The summed E-state index contributed by atoms with van der Waals surface area (Å²) in [5.41, 5.74) is 0.287. The Kier molecular flexibility index (Phi) is 9.24. The first-order valence-corrected chi connectivity index (χ1v) is 8.99. The van der Waals surface area contributed by atoms with Crippen LogP contribution >= 0.6 is 0 Å². The summed E-state index contributed by atoms with van der Waals surface area (Å²) in [4.78, 5) is 12.7. The minimum Gasteiger partial charge on any atom is -0.465 e. The molecular formula is C19H38O2. The van der Waals surface area contributed by atoms with Crippen molar-refractivity contribution in [3.8, 4) is 0 Å². The lowest BCUT2D eigenvalue weighted by Gasteiger charge is -2.40. The second-order valence-electron chi connectivity index (χ2n) is 7.16. The molecule has 0 fully saturated rings. The second kappa shape index (κ2) is 9.48. The van der Waals surface area contributed by atoms with Crippen molar-refractivity contribution < 1.29 is 9.53 Å². The Hall–Kier alpha value is -0.530. The van der Waals surface area contributed by atoms with Gasteiger partial charge in [0, 0.05) is 0 Å². The maximum absolute atomic E-state index is 12.7. The molecule has 0 aliphatic rings. The maximum Gasteiger partial charge on any atom is 0.309 e. The first kappa shape index (κ1) is 20.5. The average molecular weight is 299 g/mol. The third-order valence-electron chi connectivity index (χ3n) is 5.89. The summed E-state index contributed by atoms with van der Waals surface area (Å²) in [5, 5.41) is 0. The van der Waals surface area contributed by atoms with E-state index in [1.54, 1.807) is 0 Å². The molecule has 126 valence electrons. The van der Waals surface area contributed by atoms with Gasteiger partial charge in [-0.3, -0.25) is 4.79 Å². The Morgan fingerprint density at radius 1 is 0.952 bits per heavy atom. The first-order chi connectivity index (χ1) is 9.82. The van der Waals surface area contributed by atoms with Gasteiger partial charge in [0.25, 0.3) is 0 Å². The van der Waals surface area contributed by atoms with Crippen molar-refractivity contribution in [2.24, 2.45) is 16.7 Å². The molecule has 0 N–H and O–H groups in total. The van der Waals surface area contributed by atoms with E-state index in [4.69, 9.17) is 4.74 Å². The van der Waals surface area contributed by atoms with E-state index in [1.165, 1.54) is 0 Å². The highest BCUT2D eigenvalue weighted by atomic mass is 16.5. The van der Waals surface area contributed by atoms with Gasteiger partial charge in [-0.05, 0) is 36.5 Å². The van der Waals surface area contributed by atoms with Crippen LogP contribution in [0, 0.1) is 16.7 Å². The van der Waals surface area contributed by atoms with Crippen LogP contribution in [0.4, 0.5) is 0 Å². The summed E-state index contributed by atoms with van der Waals surface area (Å²) in [5.74, 6) is 0.0528. The van der Waals surface area contributed by atoms with E-state index >= 15 is 0 Å². The lowest BCUT2D eigenvalue weighted by molar-refractivity contribution is -0.155. The minimum atomic E-state index is 0.0225. The molecule has 0 aromatic rings. The zero-order valence-electron chi connectivity index (χ0n) is 15.6. The second-order valence-corrected chi connectivity index (χ2v) is 7.16. The van der Waals surface area contributed by atoms with E-state index in [-0.39, 0.29) is 22.7 Å².